The Morgan fingerprint density at radius 3 is 2.62 bits per heavy atom. The van der Waals surface area contributed by atoms with Gasteiger partial charge in [0.1, 0.15) is 5.82 Å². The Balaban J connectivity index is 1.79. The number of rotatable bonds is 6. The van der Waals surface area contributed by atoms with Crippen LogP contribution >= 0.6 is 0 Å². The zero-order valence-corrected chi connectivity index (χ0v) is 18.0. The van der Waals surface area contributed by atoms with Crippen LogP contribution in [0.2, 0.25) is 0 Å². The zero-order chi connectivity index (χ0) is 21.0. The average molecular weight is 419 g/mol. The number of hydrogen-bond acceptors (Lipinski definition) is 3. The fraction of sp³-hybridized carbons (Fsp3) is 0.476. The summed E-state index contributed by atoms with van der Waals surface area (Å²) < 4.78 is 44.3. The number of sulfonamides is 1. The summed E-state index contributed by atoms with van der Waals surface area (Å²) in [5, 5.41) is 7.33. The van der Waals surface area contributed by atoms with Crippen LogP contribution in [-0.2, 0) is 23.1 Å². The molecule has 1 aromatic carbocycles. The van der Waals surface area contributed by atoms with Crippen molar-refractivity contribution in [2.45, 2.75) is 58.9 Å². The van der Waals surface area contributed by atoms with E-state index in [1.807, 2.05) is 19.2 Å². The van der Waals surface area contributed by atoms with Gasteiger partial charge in [-0.15, -0.1) is 0 Å². The first-order chi connectivity index (χ1) is 13.5. The van der Waals surface area contributed by atoms with Crippen LogP contribution in [0.15, 0.2) is 24.5 Å². The van der Waals surface area contributed by atoms with E-state index in [1.165, 1.54) is 6.07 Å². The number of nitrogens with zero attached hydrogens (tertiary/aromatic N) is 2. The number of fused-ring (bicyclic) bond motifs is 1. The van der Waals surface area contributed by atoms with E-state index in [4.69, 9.17) is 0 Å². The van der Waals surface area contributed by atoms with Gasteiger partial charge in [0.15, 0.2) is 0 Å². The van der Waals surface area contributed by atoms with Crippen LogP contribution in [0, 0.1) is 18.2 Å². The lowest BCUT2D eigenvalue weighted by Crippen LogP contribution is -2.26. The molecule has 0 unspecified atom stereocenters. The Bertz CT molecular complexity index is 1170. The second kappa shape index (κ2) is 6.95. The third-order valence-electron chi connectivity index (χ3n) is 5.22. The van der Waals surface area contributed by atoms with Crippen molar-refractivity contribution in [3.8, 4) is 11.3 Å². The van der Waals surface area contributed by atoms with Gasteiger partial charge in [-0.05, 0) is 48.4 Å². The van der Waals surface area contributed by atoms with Crippen LogP contribution in [0.25, 0.3) is 22.2 Å². The predicted octanol–water partition coefficient (Wildman–Crippen LogP) is 4.11. The molecule has 8 heteroatoms. The fourth-order valence-corrected chi connectivity index (χ4v) is 5.00. The SMILES string of the molecule is Cc1cn[nH]c1-c1cc2c(cc1F)c(CNS(=O)(=O)C1CC1)cn2CC(C)(C)C. The Hall–Kier alpha value is -2.19. The highest BCUT2D eigenvalue weighted by Gasteiger charge is 2.35. The standard InChI is InChI=1S/C21H27FN4O2S/c1-13-9-23-25-20(13)17-8-19-16(7-18(17)22)14(11-26(19)12-21(2,3)4)10-24-29(27,28)15-5-6-15/h7-9,11,15,24H,5-6,10,12H2,1-4H3,(H,23,25). The first kappa shape index (κ1) is 20.1. The number of hydrogen-bond donors (Lipinski definition) is 2. The van der Waals surface area contributed by atoms with Gasteiger partial charge in [0.2, 0.25) is 10.0 Å². The number of aryl methyl sites for hydroxylation is 1. The van der Waals surface area contributed by atoms with Gasteiger partial charge in [-0.1, -0.05) is 20.8 Å². The van der Waals surface area contributed by atoms with Crippen molar-refractivity contribution >= 4 is 20.9 Å². The largest absolute Gasteiger partial charge is 0.347 e. The molecular weight excluding hydrogens is 391 g/mol. The lowest BCUT2D eigenvalue weighted by Gasteiger charge is -2.20. The van der Waals surface area contributed by atoms with E-state index in [0.29, 0.717) is 24.1 Å². The van der Waals surface area contributed by atoms with Crippen molar-refractivity contribution in [1.82, 2.24) is 19.5 Å². The third kappa shape index (κ3) is 4.09. The van der Waals surface area contributed by atoms with Crippen LogP contribution in [-0.4, -0.2) is 28.4 Å². The van der Waals surface area contributed by atoms with Crippen molar-refractivity contribution in [3.05, 3.63) is 41.5 Å². The van der Waals surface area contributed by atoms with Crippen LogP contribution in [0.3, 0.4) is 0 Å². The van der Waals surface area contributed by atoms with Crippen LogP contribution in [0.5, 0.6) is 0 Å². The van der Waals surface area contributed by atoms with Gasteiger partial charge in [0.05, 0.1) is 17.1 Å². The molecule has 0 radical (unpaired) electrons. The minimum atomic E-state index is -3.31. The summed E-state index contributed by atoms with van der Waals surface area (Å²) >= 11 is 0. The van der Waals surface area contributed by atoms with E-state index in [-0.39, 0.29) is 23.0 Å². The number of H-pyrrole nitrogens is 1. The van der Waals surface area contributed by atoms with Gasteiger partial charge in [0, 0.05) is 35.8 Å². The predicted molar refractivity (Wildman–Crippen MR) is 112 cm³/mol. The summed E-state index contributed by atoms with van der Waals surface area (Å²) in [5.74, 6) is -0.357. The monoisotopic (exact) mass is 418 g/mol. The number of halogens is 1. The van der Waals surface area contributed by atoms with E-state index in [0.717, 1.165) is 28.6 Å². The van der Waals surface area contributed by atoms with Crippen molar-refractivity contribution in [1.29, 1.82) is 0 Å². The maximum Gasteiger partial charge on any atom is 0.214 e. The first-order valence-corrected chi connectivity index (χ1v) is 11.4. The molecule has 1 aliphatic rings. The molecule has 156 valence electrons. The van der Waals surface area contributed by atoms with Crippen molar-refractivity contribution in [2.75, 3.05) is 0 Å². The van der Waals surface area contributed by atoms with Gasteiger partial charge in [-0.3, -0.25) is 5.10 Å². The topological polar surface area (TPSA) is 79.8 Å². The van der Waals surface area contributed by atoms with Crippen molar-refractivity contribution in [2.24, 2.45) is 5.41 Å². The minimum absolute atomic E-state index is 0.00912. The Kier molecular flexibility index (Phi) is 4.82. The van der Waals surface area contributed by atoms with E-state index in [2.05, 4.69) is 40.3 Å². The second-order valence-corrected chi connectivity index (χ2v) is 11.2. The summed E-state index contributed by atoms with van der Waals surface area (Å²) in [6.45, 7) is 9.18. The molecule has 0 saturated heterocycles. The number of nitrogens with one attached hydrogen (secondary N) is 2. The van der Waals surface area contributed by atoms with Crippen LogP contribution in [0.1, 0.15) is 44.7 Å². The average Bonchev–Trinajstić information content (AvgIpc) is 3.33. The normalized spacial score (nSPS) is 15.3. The third-order valence-corrected chi connectivity index (χ3v) is 7.12. The molecule has 0 atom stereocenters. The van der Waals surface area contributed by atoms with Gasteiger partial charge in [-0.2, -0.15) is 5.10 Å². The van der Waals surface area contributed by atoms with E-state index < -0.39 is 10.0 Å². The Morgan fingerprint density at radius 1 is 1.31 bits per heavy atom. The summed E-state index contributed by atoms with van der Waals surface area (Å²) in [6, 6.07) is 3.33. The Labute approximate surface area is 170 Å². The highest BCUT2D eigenvalue weighted by atomic mass is 32.2. The molecule has 2 aromatic heterocycles. The molecule has 0 bridgehead atoms. The lowest BCUT2D eigenvalue weighted by molar-refractivity contribution is 0.349. The summed E-state index contributed by atoms with van der Waals surface area (Å²) in [6.07, 6.45) is 5.03. The first-order valence-electron chi connectivity index (χ1n) is 9.85. The zero-order valence-electron chi connectivity index (χ0n) is 17.2. The quantitative estimate of drug-likeness (QED) is 0.632. The molecule has 6 nitrogen and oxygen atoms in total. The molecule has 0 amide bonds. The lowest BCUT2D eigenvalue weighted by atomic mass is 9.97. The molecular formula is C21H27FN4O2S. The van der Waals surface area contributed by atoms with Gasteiger partial charge in [-0.25, -0.2) is 17.5 Å². The maximum atomic E-state index is 15.0. The smallest absolute Gasteiger partial charge is 0.214 e. The van der Waals surface area contributed by atoms with E-state index in [9.17, 15) is 8.42 Å². The van der Waals surface area contributed by atoms with Gasteiger partial charge in [0.25, 0.3) is 0 Å². The van der Waals surface area contributed by atoms with Gasteiger partial charge >= 0.3 is 0 Å². The second-order valence-electron chi connectivity index (χ2n) is 9.19. The molecule has 29 heavy (non-hydrogen) atoms. The van der Waals surface area contributed by atoms with Crippen LogP contribution < -0.4 is 4.72 Å². The number of aromatic nitrogens is 3. The van der Waals surface area contributed by atoms with E-state index >= 15 is 4.39 Å². The molecule has 3 aromatic rings. The fourth-order valence-electron chi connectivity index (χ4n) is 3.65. The molecule has 4 rings (SSSR count). The number of aromatic amines is 1. The molecule has 0 aliphatic heterocycles. The maximum absolute atomic E-state index is 15.0. The molecule has 2 heterocycles. The molecule has 0 spiro atoms. The van der Waals surface area contributed by atoms with E-state index in [1.54, 1.807) is 6.20 Å². The van der Waals surface area contributed by atoms with Crippen molar-refractivity contribution in [3.63, 3.8) is 0 Å². The highest BCUT2D eigenvalue weighted by Crippen LogP contribution is 2.33. The molecule has 1 aliphatic carbocycles. The van der Waals surface area contributed by atoms with Crippen LogP contribution in [0.4, 0.5) is 4.39 Å². The molecule has 1 fully saturated rings. The van der Waals surface area contributed by atoms with Crippen molar-refractivity contribution < 1.29 is 12.8 Å². The Morgan fingerprint density at radius 2 is 2.03 bits per heavy atom. The summed E-state index contributed by atoms with van der Waals surface area (Å²) in [4.78, 5) is 0. The number of benzene rings is 1. The molecule has 1 saturated carbocycles. The molecule has 2 N–H and O–H groups in total. The minimum Gasteiger partial charge on any atom is -0.347 e. The highest BCUT2D eigenvalue weighted by molar-refractivity contribution is 7.90. The summed E-state index contributed by atoms with van der Waals surface area (Å²) in [5.41, 5.74) is 3.66. The summed E-state index contributed by atoms with van der Waals surface area (Å²) in [7, 11) is -3.31. The van der Waals surface area contributed by atoms with Gasteiger partial charge < -0.3 is 4.57 Å².